The normalized spacial score (nSPS) is 13.3. The van der Waals surface area contributed by atoms with Gasteiger partial charge in [0.1, 0.15) is 17.5 Å². The van der Waals surface area contributed by atoms with Crippen molar-refractivity contribution in [3.05, 3.63) is 336 Å². The van der Waals surface area contributed by atoms with Crippen LogP contribution in [0.1, 0.15) is 362 Å². The predicted molar refractivity (Wildman–Crippen MR) is 578 cm³/mol. The molecule has 1 saturated heterocycles. The van der Waals surface area contributed by atoms with Crippen molar-refractivity contribution in [1.29, 1.82) is 5.26 Å². The second-order valence-corrected chi connectivity index (χ2v) is 46.4. The zero-order valence-corrected chi connectivity index (χ0v) is 89.9. The number of hydrogen-bond donors (Lipinski definition) is 2. The van der Waals surface area contributed by atoms with E-state index in [9.17, 15) is 0 Å². The highest BCUT2D eigenvalue weighted by Gasteiger charge is 2.25. The van der Waals surface area contributed by atoms with E-state index in [0.29, 0.717) is 17.9 Å². The number of pyridine rings is 3. The van der Waals surface area contributed by atoms with E-state index < -0.39 is 0 Å². The van der Waals surface area contributed by atoms with Gasteiger partial charge in [-0.05, 0) is 265 Å². The van der Waals surface area contributed by atoms with Gasteiger partial charge < -0.3 is 14.5 Å². The highest BCUT2D eigenvalue weighted by Crippen LogP contribution is 2.35. The molecule has 12 nitrogen and oxygen atoms in total. The van der Waals surface area contributed by atoms with Crippen LogP contribution in [0.4, 0.5) is 0 Å². The molecule has 0 radical (unpaired) electrons. The van der Waals surface area contributed by atoms with Gasteiger partial charge in [0.2, 0.25) is 0 Å². The number of aryl methyl sites for hydroxylation is 7. The first-order valence-corrected chi connectivity index (χ1v) is 49.1. The Bertz CT molecular complexity index is 5780. The number of H-pyrrole nitrogens is 2. The summed E-state index contributed by atoms with van der Waals surface area (Å²) < 4.78 is 2.35. The smallest absolute Gasteiger partial charge is 0.177 e. The summed E-state index contributed by atoms with van der Waals surface area (Å²) in [4.78, 5) is 38.1. The molecule has 16 rings (SSSR count). The second-order valence-electron chi connectivity index (χ2n) is 46.4. The fourth-order valence-corrected chi connectivity index (χ4v) is 15.6. The first-order chi connectivity index (χ1) is 62.3. The molecule has 1 aliphatic carbocycles. The SMILES string of the molecule is CC(C)(C)c1cccc(CN2CC=CC2)c1.CC(C)(C)c1cccc(CN2CCCC2)c1.CC(C)(C)c1cccc2c1CC=C2.Cc1cc(C(C)(C)C)ccc1C#N.Cc1ccc2c(c1)nc(C(C)C)n2C(C)C.Cc1ccc2nc(C(C)C)[nH]c2c1.Cc1cccc(C(C)(C)C)c1.Cc1ccnc(C(C)(C)C)c1.Cc1cnc2nc(C(C)(C)C)[nH]c2c1.Cc1cncc(C(C)(C)C)c1. The molecule has 0 spiro atoms. The molecule has 6 aromatic heterocycles. The van der Waals surface area contributed by atoms with Crippen LogP contribution in [-0.4, -0.2) is 80.4 Å². The van der Waals surface area contributed by atoms with Gasteiger partial charge in [0, 0.05) is 85.4 Å². The Morgan fingerprint density at radius 3 is 1.41 bits per heavy atom. The molecule has 134 heavy (non-hydrogen) atoms. The minimum atomic E-state index is 0.0502. The van der Waals surface area contributed by atoms with Gasteiger partial charge in [-0.25, -0.2) is 19.9 Å². The maximum atomic E-state index is 8.76. The standard InChI is InChI=1S/C15H23N.C15H21N.C14H20N2.C13H16.C12H15N.C11H15N3.C11H14N2.C11H16.2C10H15N/c2*1-15(2,3)14-8-6-7-13(11-14)12-16-9-4-5-10-16;1-9(2)14-15-12-8-11(5)6-7-13(12)16(14)10(3)4;1-13(2,3)12-9-5-7-10-6-4-8-11(10)12;1-9-7-11(12(2,3)4)6-5-10(9)8-13;1-7-5-8-9(12-6-7)14-10(13-8)11(2,3)4;1-7(2)11-12-9-5-4-8(3)6-10(9)13-11;1-9-6-5-7-10(8-9)11(2,3)4;1-8-5-9(7-11-6-8)10(2,3)4;1-8-5-6-11-9(7-8)10(2,3)4/h6-8,11H,4-5,9-10,12H2,1-3H3;4-8,11H,9-10,12H2,1-3H3;6-10H,1-5H3;4-7,9H,8H2,1-3H3;5-7H,1-4H3;5-6H,1-4H3,(H,12,13,14);4-7H,1-3H3,(H,12,13);5-8H,1-4H3;2*5-7H,1-4H3. The fraction of sp³-hybridized carbons (Fsp3) is 0.467. The quantitative estimate of drug-likeness (QED) is 0.149. The van der Waals surface area contributed by atoms with Crippen molar-refractivity contribution in [2.24, 2.45) is 0 Å². The zero-order valence-electron chi connectivity index (χ0n) is 89.9. The van der Waals surface area contributed by atoms with Crippen LogP contribution in [0.5, 0.6) is 0 Å². The lowest BCUT2D eigenvalue weighted by Crippen LogP contribution is -2.19. The maximum absolute atomic E-state index is 8.76. The van der Waals surface area contributed by atoms with Crippen LogP contribution in [0.15, 0.2) is 213 Å². The van der Waals surface area contributed by atoms with E-state index in [4.69, 9.17) is 10.2 Å². The number of nitrogens with zero attached hydrogens (tertiary/aromatic N) is 10. The lowest BCUT2D eigenvalue weighted by atomic mass is 9.82. The Morgan fingerprint density at radius 2 is 0.918 bits per heavy atom. The van der Waals surface area contributed by atoms with Crippen molar-refractivity contribution >= 4 is 39.3 Å². The molecule has 0 atom stereocenters. The van der Waals surface area contributed by atoms with E-state index >= 15 is 0 Å². The van der Waals surface area contributed by atoms with Gasteiger partial charge in [0.25, 0.3) is 0 Å². The summed E-state index contributed by atoms with van der Waals surface area (Å²) in [5.41, 5.74) is 32.9. The molecule has 0 bridgehead atoms. The maximum Gasteiger partial charge on any atom is 0.177 e. The Kier molecular flexibility index (Phi) is 39.6. The highest BCUT2D eigenvalue weighted by molar-refractivity contribution is 5.78. The number of hydrogen-bond acceptors (Lipinski definition) is 9. The van der Waals surface area contributed by atoms with Crippen LogP contribution in [0.2, 0.25) is 0 Å². The molecule has 2 N–H and O–H groups in total. The van der Waals surface area contributed by atoms with Crippen LogP contribution in [0.25, 0.3) is 39.3 Å². The summed E-state index contributed by atoms with van der Waals surface area (Å²) in [7, 11) is 0. The lowest BCUT2D eigenvalue weighted by Gasteiger charge is -2.22. The van der Waals surface area contributed by atoms with Gasteiger partial charge in [0.15, 0.2) is 5.65 Å². The number of allylic oxidation sites excluding steroid dienone is 1. The van der Waals surface area contributed by atoms with E-state index in [1.165, 1.54) is 121 Å². The van der Waals surface area contributed by atoms with E-state index in [2.05, 4.69) is 474 Å². The van der Waals surface area contributed by atoms with E-state index in [-0.39, 0.29) is 43.3 Å². The highest BCUT2D eigenvalue weighted by atomic mass is 15.1. The first kappa shape index (κ1) is 110. The third-order valence-corrected chi connectivity index (χ3v) is 23.9. The Hall–Kier alpha value is -10.7. The van der Waals surface area contributed by atoms with E-state index in [1.807, 2.05) is 56.8 Å². The summed E-state index contributed by atoms with van der Waals surface area (Å²) in [6.45, 7) is 87.8. The monoisotopic (exact) mass is 1800 g/mol. The van der Waals surface area contributed by atoms with Crippen molar-refractivity contribution in [2.45, 2.75) is 350 Å². The van der Waals surface area contributed by atoms with Gasteiger partial charge in [-0.15, -0.1) is 0 Å². The number of imidazole rings is 3. The Balaban J connectivity index is 0.000000204. The largest absolute Gasteiger partial charge is 0.342 e. The van der Waals surface area contributed by atoms with Crippen LogP contribution in [-0.2, 0) is 62.8 Å². The molecular formula is C122H170N12. The molecule has 8 heterocycles. The molecule has 12 heteroatoms. The average Bonchev–Trinajstić information content (AvgIpc) is 1.63. The van der Waals surface area contributed by atoms with Gasteiger partial charge in [-0.3, -0.25) is 19.8 Å². The number of likely N-dealkylation sites (tertiary alicyclic amines) is 1. The van der Waals surface area contributed by atoms with Crippen LogP contribution >= 0.6 is 0 Å². The van der Waals surface area contributed by atoms with Crippen molar-refractivity contribution in [3.8, 4) is 6.07 Å². The van der Waals surface area contributed by atoms with Crippen LogP contribution in [0.3, 0.4) is 0 Å². The summed E-state index contributed by atoms with van der Waals surface area (Å²) in [6, 6.07) is 63.3. The number of benzene rings is 7. The Morgan fingerprint density at radius 1 is 0.403 bits per heavy atom. The molecule has 7 aromatic carbocycles. The van der Waals surface area contributed by atoms with Gasteiger partial charge in [0.05, 0.1) is 39.2 Å². The van der Waals surface area contributed by atoms with Crippen molar-refractivity contribution in [2.75, 3.05) is 26.2 Å². The summed E-state index contributed by atoms with van der Waals surface area (Å²) in [6.07, 6.45) is 20.4. The lowest BCUT2D eigenvalue weighted by molar-refractivity contribution is 0.331. The third-order valence-electron chi connectivity index (χ3n) is 23.9. The number of fused-ring (bicyclic) bond motifs is 4. The molecule has 1 fully saturated rings. The minimum Gasteiger partial charge on any atom is -0.342 e. The number of nitriles is 1. The van der Waals surface area contributed by atoms with E-state index in [0.717, 1.165) is 94.3 Å². The minimum absolute atomic E-state index is 0.0502. The molecule has 3 aliphatic rings. The van der Waals surface area contributed by atoms with Crippen molar-refractivity contribution in [3.63, 3.8) is 0 Å². The molecule has 2 aliphatic heterocycles. The Labute approximate surface area is 811 Å². The first-order valence-electron chi connectivity index (χ1n) is 49.1. The number of aromatic nitrogens is 9. The van der Waals surface area contributed by atoms with Crippen LogP contribution in [0, 0.1) is 59.8 Å². The fourth-order valence-electron chi connectivity index (χ4n) is 15.6. The topological polar surface area (TPSA) is 144 Å². The number of aromatic amines is 2. The van der Waals surface area contributed by atoms with Gasteiger partial charge in [-0.1, -0.05) is 345 Å². The third kappa shape index (κ3) is 35.2. The van der Waals surface area contributed by atoms with Crippen molar-refractivity contribution in [1.82, 2.24) is 54.2 Å². The average molecular weight is 1800 g/mol. The molecule has 0 amide bonds. The summed E-state index contributed by atoms with van der Waals surface area (Å²) in [5.74, 6) is 4.18. The molecule has 0 unspecified atom stereocenters. The number of rotatable bonds is 7. The molecular weight excluding hydrogens is 1630 g/mol. The van der Waals surface area contributed by atoms with Crippen LogP contribution < -0.4 is 0 Å². The predicted octanol–water partition coefficient (Wildman–Crippen LogP) is 31.9. The summed E-state index contributed by atoms with van der Waals surface area (Å²) in [5, 5.41) is 8.76. The van der Waals surface area contributed by atoms with Gasteiger partial charge in [-0.2, -0.15) is 5.26 Å². The zero-order chi connectivity index (χ0) is 99.8. The van der Waals surface area contributed by atoms with Crippen molar-refractivity contribution < 1.29 is 0 Å². The molecule has 718 valence electrons. The van der Waals surface area contributed by atoms with Gasteiger partial charge >= 0.3 is 0 Å². The molecule has 13 aromatic rings. The second kappa shape index (κ2) is 48.2. The van der Waals surface area contributed by atoms with E-state index in [1.54, 1.807) is 0 Å². The number of nitrogens with one attached hydrogen (secondary N) is 2. The summed E-state index contributed by atoms with van der Waals surface area (Å²) >= 11 is 0. The molecule has 0 saturated carbocycles.